The van der Waals surface area contributed by atoms with E-state index in [4.69, 9.17) is 5.73 Å². The molecule has 20 heavy (non-hydrogen) atoms. The van der Waals surface area contributed by atoms with Crippen molar-refractivity contribution in [2.75, 3.05) is 17.2 Å². The molecule has 5 heteroatoms. The van der Waals surface area contributed by atoms with Gasteiger partial charge in [-0.25, -0.2) is 9.97 Å². The van der Waals surface area contributed by atoms with Gasteiger partial charge in [-0.15, -0.1) is 0 Å². The maximum Gasteiger partial charge on any atom is 0.149 e. The number of aromatic nitrogens is 2. The Hall–Kier alpha value is -2.14. The zero-order valence-electron chi connectivity index (χ0n) is 11.6. The van der Waals surface area contributed by atoms with Crippen LogP contribution in [0.4, 0.5) is 11.5 Å². The fraction of sp³-hybridized carbons (Fsp3) is 0.333. The monoisotopic (exact) mass is 272 g/mol. The van der Waals surface area contributed by atoms with Crippen molar-refractivity contribution in [3.8, 4) is 0 Å². The first-order valence-corrected chi connectivity index (χ1v) is 6.74. The molecule has 0 spiro atoms. The maximum atomic E-state index is 9.92. The lowest BCUT2D eigenvalue weighted by molar-refractivity contribution is 0.175. The van der Waals surface area contributed by atoms with E-state index in [1.807, 2.05) is 37.3 Å². The van der Waals surface area contributed by atoms with Crippen LogP contribution in [-0.2, 0) is 6.54 Å². The van der Waals surface area contributed by atoms with Crippen molar-refractivity contribution in [1.82, 2.24) is 9.97 Å². The number of aliphatic hydroxyl groups is 1. The number of rotatable bonds is 6. The summed E-state index contributed by atoms with van der Waals surface area (Å²) in [6.07, 6.45) is 1.98. The van der Waals surface area contributed by atoms with Crippen LogP contribution < -0.4 is 10.6 Å². The molecule has 5 nitrogen and oxygen atoms in total. The number of hydrogen-bond donors (Lipinski definition) is 2. The van der Waals surface area contributed by atoms with Gasteiger partial charge in [-0.05, 0) is 24.6 Å². The number of para-hydroxylation sites is 1. The van der Waals surface area contributed by atoms with Gasteiger partial charge in [0.05, 0.1) is 12.6 Å². The number of hydrogen-bond acceptors (Lipinski definition) is 5. The molecule has 0 fully saturated rings. The van der Waals surface area contributed by atoms with E-state index in [-0.39, 0.29) is 6.10 Å². The van der Waals surface area contributed by atoms with E-state index in [1.165, 1.54) is 0 Å². The zero-order valence-corrected chi connectivity index (χ0v) is 11.6. The summed E-state index contributed by atoms with van der Waals surface area (Å²) in [5.74, 6) is 1.11. The van der Waals surface area contributed by atoms with Crippen LogP contribution in [0.2, 0.25) is 0 Å². The molecule has 2 aromatic rings. The number of nitrogens with two attached hydrogens (primary N) is 1. The topological polar surface area (TPSA) is 75.3 Å². The van der Waals surface area contributed by atoms with Gasteiger partial charge in [0.25, 0.3) is 0 Å². The van der Waals surface area contributed by atoms with Gasteiger partial charge in [-0.3, -0.25) is 0 Å². The first-order chi connectivity index (χ1) is 9.69. The van der Waals surface area contributed by atoms with Crippen LogP contribution >= 0.6 is 0 Å². The molecule has 106 valence electrons. The van der Waals surface area contributed by atoms with E-state index >= 15 is 0 Å². The minimum atomic E-state index is -0.378. The minimum Gasteiger partial charge on any atom is -0.391 e. The Bertz CT molecular complexity index is 532. The second-order valence-corrected chi connectivity index (χ2v) is 4.68. The van der Waals surface area contributed by atoms with Crippen LogP contribution in [0.15, 0.2) is 42.6 Å². The summed E-state index contributed by atoms with van der Waals surface area (Å²) in [6.45, 7) is 3.02. The summed E-state index contributed by atoms with van der Waals surface area (Å²) in [6, 6.07) is 11.6. The molecule has 1 aromatic heterocycles. The van der Waals surface area contributed by atoms with Crippen LogP contribution in [0.5, 0.6) is 0 Å². The summed E-state index contributed by atoms with van der Waals surface area (Å²) >= 11 is 0. The van der Waals surface area contributed by atoms with E-state index in [0.29, 0.717) is 31.2 Å². The van der Waals surface area contributed by atoms with Crippen molar-refractivity contribution < 1.29 is 5.11 Å². The third-order valence-electron chi connectivity index (χ3n) is 3.08. The van der Waals surface area contributed by atoms with E-state index in [2.05, 4.69) is 14.9 Å². The highest BCUT2D eigenvalue weighted by Crippen LogP contribution is 2.16. The van der Waals surface area contributed by atoms with E-state index < -0.39 is 0 Å². The molecule has 0 bridgehead atoms. The maximum absolute atomic E-state index is 9.92. The second kappa shape index (κ2) is 6.86. The fourth-order valence-electron chi connectivity index (χ4n) is 1.95. The molecule has 1 aromatic carbocycles. The highest BCUT2D eigenvalue weighted by molar-refractivity contribution is 5.46. The lowest BCUT2D eigenvalue weighted by atomic mass is 10.2. The van der Waals surface area contributed by atoms with E-state index in [1.54, 1.807) is 12.3 Å². The molecule has 0 saturated carbocycles. The highest BCUT2D eigenvalue weighted by atomic mass is 16.3. The van der Waals surface area contributed by atoms with Crippen LogP contribution in [0.25, 0.3) is 0 Å². The number of aliphatic hydroxyl groups excluding tert-OH is 1. The van der Waals surface area contributed by atoms with E-state index in [9.17, 15) is 5.11 Å². The molecule has 3 N–H and O–H groups in total. The largest absolute Gasteiger partial charge is 0.391 e. The Balaban J connectivity index is 2.18. The van der Waals surface area contributed by atoms with Gasteiger partial charge < -0.3 is 15.7 Å². The van der Waals surface area contributed by atoms with Crippen molar-refractivity contribution in [3.63, 3.8) is 0 Å². The molecule has 0 saturated heterocycles. The second-order valence-electron chi connectivity index (χ2n) is 4.68. The van der Waals surface area contributed by atoms with Gasteiger partial charge in [0.2, 0.25) is 0 Å². The summed E-state index contributed by atoms with van der Waals surface area (Å²) in [5, 5.41) is 9.92. The summed E-state index contributed by atoms with van der Waals surface area (Å²) in [5.41, 5.74) is 6.71. The molecule has 0 aliphatic carbocycles. The average molecular weight is 272 g/mol. The Kier molecular flexibility index (Phi) is 4.90. The third-order valence-corrected chi connectivity index (χ3v) is 3.08. The van der Waals surface area contributed by atoms with Crippen molar-refractivity contribution in [3.05, 3.63) is 48.4 Å². The standard InChI is InChI=1S/C15H20N4O/c1-2-13(20)10-19(12-6-4-3-5-7-12)11-15-17-9-8-14(16)18-15/h3-9,13,20H,2,10-11H2,1H3,(H2,16,17,18). The molecule has 0 aliphatic heterocycles. The van der Waals surface area contributed by atoms with Crippen molar-refractivity contribution >= 4 is 11.5 Å². The molecule has 1 unspecified atom stereocenters. The van der Waals surface area contributed by atoms with Crippen LogP contribution in [0.1, 0.15) is 19.2 Å². The minimum absolute atomic E-state index is 0.378. The quantitative estimate of drug-likeness (QED) is 0.839. The zero-order chi connectivity index (χ0) is 14.4. The SMILES string of the molecule is CCC(O)CN(Cc1nccc(N)n1)c1ccccc1. The molecule has 1 heterocycles. The van der Waals surface area contributed by atoms with Crippen LogP contribution in [-0.4, -0.2) is 27.7 Å². The Morgan fingerprint density at radius 2 is 2.00 bits per heavy atom. The normalized spacial score (nSPS) is 12.1. The Morgan fingerprint density at radius 3 is 2.65 bits per heavy atom. The third kappa shape index (κ3) is 3.93. The van der Waals surface area contributed by atoms with Gasteiger partial charge in [-0.2, -0.15) is 0 Å². The smallest absolute Gasteiger partial charge is 0.149 e. The fourth-order valence-corrected chi connectivity index (χ4v) is 1.95. The van der Waals surface area contributed by atoms with Crippen molar-refractivity contribution in [2.24, 2.45) is 0 Å². The van der Waals surface area contributed by atoms with Crippen molar-refractivity contribution in [1.29, 1.82) is 0 Å². The lowest BCUT2D eigenvalue weighted by Crippen LogP contribution is -2.32. The first kappa shape index (κ1) is 14.3. The summed E-state index contributed by atoms with van der Waals surface area (Å²) in [7, 11) is 0. The summed E-state index contributed by atoms with van der Waals surface area (Å²) in [4.78, 5) is 10.5. The predicted octanol–water partition coefficient (Wildman–Crippen LogP) is 1.84. The molecular weight excluding hydrogens is 252 g/mol. The number of nitrogen functional groups attached to an aromatic ring is 1. The molecule has 0 aliphatic rings. The van der Waals surface area contributed by atoms with Gasteiger partial charge >= 0.3 is 0 Å². The molecule has 1 atom stereocenters. The summed E-state index contributed by atoms with van der Waals surface area (Å²) < 4.78 is 0. The lowest BCUT2D eigenvalue weighted by Gasteiger charge is -2.26. The first-order valence-electron chi connectivity index (χ1n) is 6.74. The number of nitrogens with zero attached hydrogens (tertiary/aromatic N) is 3. The van der Waals surface area contributed by atoms with Gasteiger partial charge in [0, 0.05) is 18.4 Å². The van der Waals surface area contributed by atoms with Crippen LogP contribution in [0.3, 0.4) is 0 Å². The average Bonchev–Trinajstić information content (AvgIpc) is 2.47. The highest BCUT2D eigenvalue weighted by Gasteiger charge is 2.13. The number of benzene rings is 1. The Morgan fingerprint density at radius 1 is 1.25 bits per heavy atom. The molecular formula is C15H20N4O. The predicted molar refractivity (Wildman–Crippen MR) is 80.2 cm³/mol. The molecule has 0 radical (unpaired) electrons. The van der Waals surface area contributed by atoms with Gasteiger partial charge in [-0.1, -0.05) is 25.1 Å². The van der Waals surface area contributed by atoms with E-state index in [0.717, 1.165) is 5.69 Å². The Labute approximate surface area is 119 Å². The van der Waals surface area contributed by atoms with Crippen LogP contribution in [0, 0.1) is 0 Å². The van der Waals surface area contributed by atoms with Gasteiger partial charge in [0.15, 0.2) is 0 Å². The molecule has 2 rings (SSSR count). The number of anilines is 2. The van der Waals surface area contributed by atoms with Crippen molar-refractivity contribution in [2.45, 2.75) is 26.0 Å². The van der Waals surface area contributed by atoms with Gasteiger partial charge in [0.1, 0.15) is 11.6 Å². The molecule has 0 amide bonds.